The van der Waals surface area contributed by atoms with Crippen molar-refractivity contribution in [1.82, 2.24) is 15.1 Å². The van der Waals surface area contributed by atoms with Crippen molar-refractivity contribution in [3.05, 3.63) is 35.5 Å². The molecule has 32 heavy (non-hydrogen) atoms. The summed E-state index contributed by atoms with van der Waals surface area (Å²) in [6, 6.07) is 7.01. The van der Waals surface area contributed by atoms with Crippen molar-refractivity contribution in [3.8, 4) is 5.75 Å². The van der Waals surface area contributed by atoms with E-state index in [2.05, 4.69) is 40.5 Å². The molecule has 172 valence electrons. The number of aromatic nitrogens is 2. The third-order valence-corrected chi connectivity index (χ3v) is 11.0. The Bertz CT molecular complexity index is 1030. The molecule has 1 aliphatic carbocycles. The number of fused-ring (bicyclic) bond motifs is 1. The average molecular weight is 456 g/mol. The van der Waals surface area contributed by atoms with Gasteiger partial charge in [0, 0.05) is 16.3 Å². The Balaban J connectivity index is 1.52. The molecule has 0 radical (unpaired) electrons. The number of H-pyrrole nitrogens is 1. The number of rotatable bonds is 5. The number of nitrogens with one attached hydrogen (secondary N) is 3. The number of carbonyl (C=O) groups excluding carboxylic acids is 2. The molecule has 0 bridgehead atoms. The molecule has 2 heterocycles. The van der Waals surface area contributed by atoms with Gasteiger partial charge in [0.2, 0.25) is 5.91 Å². The van der Waals surface area contributed by atoms with Gasteiger partial charge in [0.25, 0.3) is 0 Å². The first kappa shape index (κ1) is 22.4. The van der Waals surface area contributed by atoms with E-state index in [1.165, 1.54) is 0 Å². The normalized spacial score (nSPS) is 18.5. The third kappa shape index (κ3) is 3.48. The van der Waals surface area contributed by atoms with E-state index >= 15 is 0 Å². The lowest BCUT2D eigenvalue weighted by Crippen LogP contribution is -2.52. The number of benzene rings is 1. The summed E-state index contributed by atoms with van der Waals surface area (Å²) in [7, 11) is -0.0835. The molecule has 3 amide bonds. The predicted molar refractivity (Wildman–Crippen MR) is 128 cm³/mol. The topological polar surface area (TPSA) is 99.3 Å². The molecule has 1 saturated carbocycles. The monoisotopic (exact) mass is 455 g/mol. The van der Waals surface area contributed by atoms with Crippen LogP contribution in [0, 0.1) is 0 Å². The molecule has 1 fully saturated rings. The number of hydrogen-bond acceptors (Lipinski definition) is 4. The summed E-state index contributed by atoms with van der Waals surface area (Å²) in [5.74, 6) is 1.35. The maximum absolute atomic E-state index is 13.3. The van der Waals surface area contributed by atoms with E-state index in [9.17, 15) is 9.59 Å². The van der Waals surface area contributed by atoms with E-state index in [0.717, 1.165) is 36.3 Å². The second-order valence-corrected chi connectivity index (χ2v) is 15.8. The quantitative estimate of drug-likeness (QED) is 0.558. The predicted octanol–water partition coefficient (Wildman–Crippen LogP) is 4.90. The molecule has 1 aromatic heterocycles. The highest BCUT2D eigenvalue weighted by molar-refractivity contribution is 6.83. The molecule has 0 unspecified atom stereocenters. The van der Waals surface area contributed by atoms with Gasteiger partial charge in [0.05, 0.1) is 33.0 Å². The first-order valence-electron chi connectivity index (χ1n) is 11.1. The number of hydrogen-bond donors (Lipinski definition) is 3. The zero-order chi connectivity index (χ0) is 23.3. The van der Waals surface area contributed by atoms with Crippen LogP contribution in [-0.4, -0.2) is 42.2 Å². The zero-order valence-corrected chi connectivity index (χ0v) is 20.8. The number of methoxy groups -OCH3 is 1. The molecule has 8 nitrogen and oxygen atoms in total. The number of carbonyl (C=O) groups is 2. The van der Waals surface area contributed by atoms with E-state index < -0.39 is 13.6 Å². The van der Waals surface area contributed by atoms with E-state index in [0.29, 0.717) is 18.1 Å². The van der Waals surface area contributed by atoms with Crippen molar-refractivity contribution in [2.75, 3.05) is 17.7 Å². The summed E-state index contributed by atoms with van der Waals surface area (Å²) in [6.07, 6.45) is 2.99. The van der Waals surface area contributed by atoms with E-state index in [1.807, 2.05) is 13.8 Å². The van der Waals surface area contributed by atoms with E-state index in [1.54, 1.807) is 36.3 Å². The Labute approximate surface area is 190 Å². The molecule has 3 N–H and O–H groups in total. The summed E-state index contributed by atoms with van der Waals surface area (Å²) < 4.78 is 5.17. The van der Waals surface area contributed by atoms with Gasteiger partial charge >= 0.3 is 6.03 Å². The number of amides is 3. The van der Waals surface area contributed by atoms with Crippen LogP contribution >= 0.6 is 0 Å². The molecule has 2 aromatic rings. The van der Waals surface area contributed by atoms with Crippen LogP contribution in [0.5, 0.6) is 5.75 Å². The summed E-state index contributed by atoms with van der Waals surface area (Å²) in [5, 5.41) is 13.3. The highest BCUT2D eigenvalue weighted by atomic mass is 28.3. The largest absolute Gasteiger partial charge is 0.497 e. The van der Waals surface area contributed by atoms with Crippen LogP contribution in [-0.2, 0) is 16.9 Å². The van der Waals surface area contributed by atoms with Crippen LogP contribution in [0.15, 0.2) is 24.3 Å². The average Bonchev–Trinajstić information content (AvgIpc) is 3.18. The fourth-order valence-corrected chi connectivity index (χ4v) is 7.48. The molecule has 1 aromatic carbocycles. The third-order valence-electron chi connectivity index (χ3n) is 7.37. The molecule has 0 saturated heterocycles. The maximum Gasteiger partial charge on any atom is 0.322 e. The van der Waals surface area contributed by atoms with Crippen LogP contribution in [0.25, 0.3) is 0 Å². The minimum absolute atomic E-state index is 0.0798. The van der Waals surface area contributed by atoms with Gasteiger partial charge in [0.1, 0.15) is 5.75 Å². The van der Waals surface area contributed by atoms with Gasteiger partial charge < -0.3 is 20.3 Å². The maximum atomic E-state index is 13.3. The first-order valence-corrected chi connectivity index (χ1v) is 14.6. The molecule has 0 spiro atoms. The standard InChI is InChI=1S/C23H33N5O3Si/c1-22(2)18-17(14-28(22)21(30)24-15-8-10-16(31-3)11-9-15)19(27-26-18)25-20(29)23(12-7-13-23)32(4,5)6/h8-11H,7,12-14H2,1-6H3,(H,24,30)(H2,25,26,27,29). The lowest BCUT2D eigenvalue weighted by atomic mass is 9.83. The van der Waals surface area contributed by atoms with Gasteiger partial charge in [0.15, 0.2) is 5.82 Å². The Morgan fingerprint density at radius 2 is 1.78 bits per heavy atom. The van der Waals surface area contributed by atoms with Crippen LogP contribution in [0.1, 0.15) is 44.4 Å². The van der Waals surface area contributed by atoms with Crippen LogP contribution in [0.2, 0.25) is 24.7 Å². The lowest BCUT2D eigenvalue weighted by Gasteiger charge is -2.48. The Morgan fingerprint density at radius 1 is 1.12 bits per heavy atom. The molecular formula is C23H33N5O3Si. The van der Waals surface area contributed by atoms with Gasteiger partial charge in [-0.1, -0.05) is 26.1 Å². The minimum atomic E-state index is -1.69. The van der Waals surface area contributed by atoms with Crippen LogP contribution in [0.4, 0.5) is 16.3 Å². The highest BCUT2D eigenvalue weighted by Gasteiger charge is 2.54. The van der Waals surface area contributed by atoms with Crippen LogP contribution < -0.4 is 15.4 Å². The molecule has 0 atom stereocenters. The highest BCUT2D eigenvalue weighted by Crippen LogP contribution is 2.56. The van der Waals surface area contributed by atoms with Gasteiger partial charge in [-0.25, -0.2) is 4.79 Å². The summed E-state index contributed by atoms with van der Waals surface area (Å²) >= 11 is 0. The zero-order valence-electron chi connectivity index (χ0n) is 19.8. The smallest absolute Gasteiger partial charge is 0.322 e. The fraction of sp³-hybridized carbons (Fsp3) is 0.522. The van der Waals surface area contributed by atoms with E-state index in [4.69, 9.17) is 4.74 Å². The number of ether oxygens (including phenoxy) is 1. The Hall–Kier alpha value is -2.81. The molecule has 9 heteroatoms. The van der Waals surface area contributed by atoms with Crippen LogP contribution in [0.3, 0.4) is 0 Å². The second kappa shape index (κ2) is 7.65. The molecule has 4 rings (SSSR count). The van der Waals surface area contributed by atoms with Crippen molar-refractivity contribution in [2.45, 2.75) is 69.9 Å². The summed E-state index contributed by atoms with van der Waals surface area (Å²) in [6.45, 7) is 11.1. The summed E-state index contributed by atoms with van der Waals surface area (Å²) in [4.78, 5) is 28.2. The van der Waals surface area contributed by atoms with Gasteiger partial charge in [-0.2, -0.15) is 5.10 Å². The van der Waals surface area contributed by atoms with Crippen molar-refractivity contribution >= 4 is 31.5 Å². The Kier molecular flexibility index (Phi) is 5.35. The SMILES string of the molecule is COc1ccc(NC(=O)N2Cc3c(NC(=O)C4([Si](C)(C)C)CCC4)n[nH]c3C2(C)C)cc1. The minimum Gasteiger partial charge on any atom is -0.497 e. The molecular weight excluding hydrogens is 422 g/mol. The summed E-state index contributed by atoms with van der Waals surface area (Å²) in [5.41, 5.74) is 1.83. The number of nitrogens with zero attached hydrogens (tertiary/aromatic N) is 2. The molecule has 2 aliphatic rings. The molecule has 1 aliphatic heterocycles. The van der Waals surface area contributed by atoms with Gasteiger partial charge in [-0.15, -0.1) is 0 Å². The number of aromatic amines is 1. The van der Waals surface area contributed by atoms with Gasteiger partial charge in [-0.3, -0.25) is 9.89 Å². The van der Waals surface area contributed by atoms with E-state index in [-0.39, 0.29) is 17.0 Å². The Morgan fingerprint density at radius 3 is 2.31 bits per heavy atom. The number of urea groups is 1. The lowest BCUT2D eigenvalue weighted by molar-refractivity contribution is -0.121. The van der Waals surface area contributed by atoms with Crippen molar-refractivity contribution in [3.63, 3.8) is 0 Å². The van der Waals surface area contributed by atoms with Crippen molar-refractivity contribution in [2.24, 2.45) is 0 Å². The van der Waals surface area contributed by atoms with Crippen molar-refractivity contribution < 1.29 is 14.3 Å². The number of anilines is 2. The van der Waals surface area contributed by atoms with Crippen molar-refractivity contribution in [1.29, 1.82) is 0 Å². The fourth-order valence-electron chi connectivity index (χ4n) is 4.89. The first-order chi connectivity index (χ1) is 15.0. The second-order valence-electron chi connectivity index (χ2n) is 10.4. The van der Waals surface area contributed by atoms with Gasteiger partial charge in [-0.05, 0) is 51.0 Å².